The van der Waals surface area contributed by atoms with Crippen LogP contribution < -0.4 is 5.32 Å². The molecular weight excluding hydrogens is 731 g/mol. The van der Waals surface area contributed by atoms with Crippen molar-refractivity contribution in [2.75, 3.05) is 13.2 Å². The lowest BCUT2D eigenvalue weighted by atomic mass is 10.0. The van der Waals surface area contributed by atoms with Gasteiger partial charge in [0, 0.05) is 12.8 Å². The van der Waals surface area contributed by atoms with E-state index in [0.29, 0.717) is 25.9 Å². The Labute approximate surface area is 367 Å². The lowest BCUT2D eigenvalue weighted by molar-refractivity contribution is -0.143. The summed E-state index contributed by atoms with van der Waals surface area (Å²) in [5.41, 5.74) is 0. The van der Waals surface area contributed by atoms with Gasteiger partial charge in [0.25, 0.3) is 0 Å². The Kier molecular flexibility index (Phi) is 47.6. The summed E-state index contributed by atoms with van der Waals surface area (Å²) in [5.74, 6) is -0.0820. The van der Waals surface area contributed by atoms with Crippen LogP contribution in [-0.4, -0.2) is 47.4 Å². The zero-order valence-electron chi connectivity index (χ0n) is 39.5. The maximum Gasteiger partial charge on any atom is 0.305 e. The fourth-order valence-corrected chi connectivity index (χ4v) is 7.92. The monoisotopic (exact) mass is 832 g/mol. The van der Waals surface area contributed by atoms with Gasteiger partial charge in [-0.15, -0.1) is 0 Å². The molecule has 0 aromatic heterocycles. The van der Waals surface area contributed by atoms with E-state index in [0.717, 1.165) is 70.6 Å². The molecule has 0 spiro atoms. The van der Waals surface area contributed by atoms with E-state index in [2.05, 4.69) is 43.5 Å². The van der Waals surface area contributed by atoms with Crippen LogP contribution in [0.1, 0.15) is 277 Å². The number of hydrogen-bond donors (Lipinski definition) is 3. The maximum absolute atomic E-state index is 12.4. The molecule has 0 saturated heterocycles. The predicted octanol–water partition coefficient (Wildman–Crippen LogP) is 15.5. The molecule has 0 saturated carbocycles. The molecule has 348 valence electrons. The minimum atomic E-state index is -0.680. The van der Waals surface area contributed by atoms with Gasteiger partial charge >= 0.3 is 5.97 Å². The largest absolute Gasteiger partial charge is 0.466 e. The van der Waals surface area contributed by atoms with Crippen molar-refractivity contribution in [3.63, 3.8) is 0 Å². The summed E-state index contributed by atoms with van der Waals surface area (Å²) < 4.78 is 5.46. The summed E-state index contributed by atoms with van der Waals surface area (Å²) in [6, 6.07) is -0.560. The molecule has 0 aromatic carbocycles. The van der Waals surface area contributed by atoms with Gasteiger partial charge in [-0.1, -0.05) is 212 Å². The SMILES string of the molecule is CCCCCCCC/C=C\CCCCCCCCCC(=O)OCCCCCCCC/C=C\CCCCCC(=O)NC(CO)C(O)CCCCCCCCCCCCCC. The molecule has 2 unspecified atom stereocenters. The second-order valence-electron chi connectivity index (χ2n) is 17.8. The highest BCUT2D eigenvalue weighted by molar-refractivity contribution is 5.76. The van der Waals surface area contributed by atoms with Crippen molar-refractivity contribution in [2.24, 2.45) is 0 Å². The number of carbonyl (C=O) groups excluding carboxylic acids is 2. The van der Waals surface area contributed by atoms with Crippen molar-refractivity contribution in [3.8, 4) is 0 Å². The van der Waals surface area contributed by atoms with Crippen LogP contribution in [0, 0.1) is 0 Å². The molecule has 1 amide bonds. The van der Waals surface area contributed by atoms with Gasteiger partial charge in [-0.25, -0.2) is 0 Å². The van der Waals surface area contributed by atoms with E-state index >= 15 is 0 Å². The van der Waals surface area contributed by atoms with Gasteiger partial charge in [0.2, 0.25) is 5.91 Å². The van der Waals surface area contributed by atoms with Crippen LogP contribution in [-0.2, 0) is 14.3 Å². The summed E-state index contributed by atoms with van der Waals surface area (Å²) >= 11 is 0. The maximum atomic E-state index is 12.4. The van der Waals surface area contributed by atoms with E-state index in [1.807, 2.05) is 0 Å². The summed E-state index contributed by atoms with van der Waals surface area (Å²) in [7, 11) is 0. The fourth-order valence-electron chi connectivity index (χ4n) is 7.92. The standard InChI is InChI=1S/C53H101NO5/c1-3-5-7-9-11-13-15-17-18-19-20-23-27-31-35-39-43-47-53(58)59-48-44-40-36-32-28-24-21-22-26-30-34-38-42-46-52(57)54-50(49-55)51(56)45-41-37-33-29-25-16-14-12-10-8-6-4-2/h17-18,22,26,50-51,55-56H,3-16,19-21,23-25,27-49H2,1-2H3,(H,54,57)/b18-17-,26-22-. The molecule has 0 bridgehead atoms. The summed E-state index contributed by atoms with van der Waals surface area (Å²) in [4.78, 5) is 24.5. The van der Waals surface area contributed by atoms with E-state index in [9.17, 15) is 19.8 Å². The van der Waals surface area contributed by atoms with Gasteiger partial charge in [-0.2, -0.15) is 0 Å². The first-order chi connectivity index (χ1) is 29.0. The van der Waals surface area contributed by atoms with Crippen molar-refractivity contribution >= 4 is 11.9 Å². The molecule has 6 nitrogen and oxygen atoms in total. The van der Waals surface area contributed by atoms with E-state index in [1.165, 1.54) is 173 Å². The zero-order chi connectivity index (χ0) is 43.0. The Morgan fingerprint density at radius 1 is 0.458 bits per heavy atom. The summed E-state index contributed by atoms with van der Waals surface area (Å²) in [5, 5.41) is 23.1. The van der Waals surface area contributed by atoms with Crippen molar-refractivity contribution < 1.29 is 24.5 Å². The first kappa shape index (κ1) is 57.3. The fraction of sp³-hybridized carbons (Fsp3) is 0.887. The third kappa shape index (κ3) is 45.7. The van der Waals surface area contributed by atoms with Crippen molar-refractivity contribution in [1.82, 2.24) is 5.32 Å². The average Bonchev–Trinajstić information content (AvgIpc) is 3.24. The Morgan fingerprint density at radius 2 is 0.797 bits per heavy atom. The van der Waals surface area contributed by atoms with Crippen LogP contribution in [0.4, 0.5) is 0 Å². The third-order valence-electron chi connectivity index (χ3n) is 12.0. The molecule has 0 aliphatic heterocycles. The normalized spacial score (nSPS) is 12.8. The number of rotatable bonds is 48. The highest BCUT2D eigenvalue weighted by atomic mass is 16.5. The average molecular weight is 832 g/mol. The zero-order valence-corrected chi connectivity index (χ0v) is 39.5. The molecule has 0 radical (unpaired) electrons. The Bertz CT molecular complexity index is 920. The molecule has 3 N–H and O–H groups in total. The Morgan fingerprint density at radius 3 is 1.22 bits per heavy atom. The predicted molar refractivity (Wildman–Crippen MR) is 255 cm³/mol. The lowest BCUT2D eigenvalue weighted by Crippen LogP contribution is -2.45. The molecule has 0 heterocycles. The van der Waals surface area contributed by atoms with Crippen LogP contribution in [0.25, 0.3) is 0 Å². The number of carbonyl (C=O) groups is 2. The number of unbranched alkanes of at least 4 members (excludes halogenated alkanes) is 33. The van der Waals surface area contributed by atoms with Crippen molar-refractivity contribution in [3.05, 3.63) is 24.3 Å². The van der Waals surface area contributed by atoms with Crippen LogP contribution >= 0.6 is 0 Å². The first-order valence-corrected chi connectivity index (χ1v) is 26.1. The van der Waals surface area contributed by atoms with Crippen LogP contribution in [0.3, 0.4) is 0 Å². The van der Waals surface area contributed by atoms with Crippen LogP contribution in [0.2, 0.25) is 0 Å². The first-order valence-electron chi connectivity index (χ1n) is 26.1. The number of aliphatic hydroxyl groups excluding tert-OH is 2. The number of aliphatic hydroxyl groups is 2. The van der Waals surface area contributed by atoms with Crippen LogP contribution in [0.15, 0.2) is 24.3 Å². The number of nitrogens with one attached hydrogen (secondary N) is 1. The summed E-state index contributed by atoms with van der Waals surface area (Å²) in [6.07, 6.45) is 57.2. The van der Waals surface area contributed by atoms with Gasteiger partial charge in [0.1, 0.15) is 0 Å². The molecule has 0 aromatic rings. The minimum Gasteiger partial charge on any atom is -0.466 e. The molecule has 0 fully saturated rings. The smallest absolute Gasteiger partial charge is 0.305 e. The van der Waals surface area contributed by atoms with Gasteiger partial charge in [-0.3, -0.25) is 9.59 Å². The highest BCUT2D eigenvalue weighted by Crippen LogP contribution is 2.16. The number of ether oxygens (including phenoxy) is 1. The van der Waals surface area contributed by atoms with Crippen LogP contribution in [0.5, 0.6) is 0 Å². The quantitative estimate of drug-likeness (QED) is 0.0322. The molecule has 0 aliphatic rings. The van der Waals surface area contributed by atoms with Gasteiger partial charge in [-0.05, 0) is 77.0 Å². The molecule has 0 rings (SSSR count). The minimum absolute atomic E-state index is 0.0162. The second kappa shape index (κ2) is 49.0. The molecular formula is C53H101NO5. The number of hydrogen-bond acceptors (Lipinski definition) is 5. The topological polar surface area (TPSA) is 95.9 Å². The van der Waals surface area contributed by atoms with Gasteiger partial charge in [0.15, 0.2) is 0 Å². The summed E-state index contributed by atoms with van der Waals surface area (Å²) in [6.45, 7) is 4.90. The molecule has 59 heavy (non-hydrogen) atoms. The Hall–Kier alpha value is -1.66. The van der Waals surface area contributed by atoms with Crippen molar-refractivity contribution in [2.45, 2.75) is 289 Å². The molecule has 0 aliphatic carbocycles. The van der Waals surface area contributed by atoms with E-state index in [1.54, 1.807) is 0 Å². The molecule has 2 atom stereocenters. The molecule has 6 heteroatoms. The number of allylic oxidation sites excluding steroid dienone is 4. The second-order valence-corrected chi connectivity index (χ2v) is 17.8. The van der Waals surface area contributed by atoms with Gasteiger partial charge < -0.3 is 20.3 Å². The van der Waals surface area contributed by atoms with Crippen molar-refractivity contribution in [1.29, 1.82) is 0 Å². The third-order valence-corrected chi connectivity index (χ3v) is 12.0. The lowest BCUT2D eigenvalue weighted by Gasteiger charge is -2.22. The number of esters is 1. The number of amides is 1. The van der Waals surface area contributed by atoms with E-state index < -0.39 is 12.1 Å². The van der Waals surface area contributed by atoms with E-state index in [4.69, 9.17) is 4.74 Å². The Balaban J connectivity index is 3.48. The van der Waals surface area contributed by atoms with E-state index in [-0.39, 0.29) is 18.5 Å². The highest BCUT2D eigenvalue weighted by Gasteiger charge is 2.20. The van der Waals surface area contributed by atoms with Gasteiger partial charge in [0.05, 0.1) is 25.4 Å².